The van der Waals surface area contributed by atoms with Gasteiger partial charge in [0, 0.05) is 29.0 Å². The number of hydrogen-bond donors (Lipinski definition) is 1. The van der Waals surface area contributed by atoms with E-state index in [2.05, 4.69) is 20.6 Å². The van der Waals surface area contributed by atoms with E-state index < -0.39 is 0 Å². The zero-order valence-electron chi connectivity index (χ0n) is 14.1. The van der Waals surface area contributed by atoms with Crippen LogP contribution in [0.25, 0.3) is 27.3 Å². The number of amides is 1. The van der Waals surface area contributed by atoms with Crippen molar-refractivity contribution in [3.05, 3.63) is 66.3 Å². The van der Waals surface area contributed by atoms with Crippen LogP contribution in [0.3, 0.4) is 0 Å². The third-order valence-electron chi connectivity index (χ3n) is 4.27. The largest absolute Gasteiger partial charge is 0.324 e. The number of rotatable bonds is 4. The molecule has 0 saturated carbocycles. The van der Waals surface area contributed by atoms with Crippen molar-refractivity contribution in [1.82, 2.24) is 24.4 Å². The highest BCUT2D eigenvalue weighted by Gasteiger charge is 2.10. The lowest BCUT2D eigenvalue weighted by Crippen LogP contribution is -2.19. The molecule has 0 fully saturated rings. The van der Waals surface area contributed by atoms with Crippen molar-refractivity contribution in [2.24, 2.45) is 0 Å². The molecule has 8 heteroatoms. The van der Waals surface area contributed by atoms with E-state index in [1.165, 1.54) is 0 Å². The van der Waals surface area contributed by atoms with Crippen LogP contribution in [0.4, 0.5) is 5.69 Å². The van der Waals surface area contributed by atoms with Crippen LogP contribution in [0.15, 0.2) is 66.3 Å². The predicted octanol–water partition coefficient (Wildman–Crippen LogP) is 3.45. The lowest BCUT2D eigenvalue weighted by Gasteiger charge is -2.06. The summed E-state index contributed by atoms with van der Waals surface area (Å²) in [4.78, 5) is 17.9. The Morgan fingerprint density at radius 1 is 1.11 bits per heavy atom. The van der Waals surface area contributed by atoms with Gasteiger partial charge in [-0.2, -0.15) is 0 Å². The molecule has 0 spiro atoms. The molecule has 0 aliphatic heterocycles. The third kappa shape index (κ3) is 2.96. The van der Waals surface area contributed by atoms with Gasteiger partial charge < -0.3 is 5.32 Å². The van der Waals surface area contributed by atoms with Gasteiger partial charge in [0.2, 0.25) is 5.91 Å². The number of para-hydroxylation sites is 1. The number of carbonyl (C=O) groups excluding carboxylic acids is 1. The van der Waals surface area contributed by atoms with Crippen LogP contribution in [-0.2, 0) is 11.3 Å². The number of hydrogen-bond acceptors (Lipinski definition) is 5. The highest BCUT2D eigenvalue weighted by Crippen LogP contribution is 2.23. The Kier molecular flexibility index (Phi) is 3.68. The Morgan fingerprint density at radius 2 is 1.96 bits per heavy atom. The molecule has 0 saturated heterocycles. The zero-order chi connectivity index (χ0) is 18.2. The smallest absolute Gasteiger partial charge is 0.246 e. The van der Waals surface area contributed by atoms with E-state index in [4.69, 9.17) is 0 Å². The Bertz CT molecular complexity index is 1220. The van der Waals surface area contributed by atoms with Gasteiger partial charge in [-0.1, -0.05) is 29.5 Å². The molecule has 2 aromatic carbocycles. The fourth-order valence-electron chi connectivity index (χ4n) is 2.96. The maximum atomic E-state index is 12.3. The molecule has 0 radical (unpaired) electrons. The Balaban J connectivity index is 1.30. The molecule has 3 aromatic heterocycles. The van der Waals surface area contributed by atoms with Gasteiger partial charge in [-0.15, -0.1) is 16.4 Å². The molecule has 7 nitrogen and oxygen atoms in total. The highest BCUT2D eigenvalue weighted by molar-refractivity contribution is 7.15. The fraction of sp³-hybridized carbons (Fsp3) is 0.0526. The highest BCUT2D eigenvalue weighted by atomic mass is 32.1. The van der Waals surface area contributed by atoms with E-state index in [0.717, 1.165) is 32.9 Å². The number of fused-ring (bicyclic) bond motifs is 2. The first-order chi connectivity index (χ1) is 13.3. The van der Waals surface area contributed by atoms with Gasteiger partial charge in [0.25, 0.3) is 0 Å². The maximum absolute atomic E-state index is 12.3. The van der Waals surface area contributed by atoms with Gasteiger partial charge >= 0.3 is 0 Å². The summed E-state index contributed by atoms with van der Waals surface area (Å²) in [5, 5.41) is 13.0. The van der Waals surface area contributed by atoms with Gasteiger partial charge in [0.05, 0.1) is 11.2 Å². The number of imidazole rings is 1. The molecule has 5 aromatic rings. The van der Waals surface area contributed by atoms with E-state index in [1.807, 2.05) is 70.7 Å². The molecule has 0 unspecified atom stereocenters. The van der Waals surface area contributed by atoms with E-state index in [0.29, 0.717) is 0 Å². The first-order valence-electron chi connectivity index (χ1n) is 8.37. The zero-order valence-corrected chi connectivity index (χ0v) is 14.9. The number of benzene rings is 2. The van der Waals surface area contributed by atoms with E-state index >= 15 is 0 Å². The minimum Gasteiger partial charge on any atom is -0.324 e. The molecular formula is C19H14N6OS. The minimum atomic E-state index is -0.152. The number of thiazole rings is 1. The Morgan fingerprint density at radius 3 is 2.81 bits per heavy atom. The molecule has 0 aliphatic carbocycles. The summed E-state index contributed by atoms with van der Waals surface area (Å²) in [5.74, 6) is -0.152. The van der Waals surface area contributed by atoms with Crippen molar-refractivity contribution in [1.29, 1.82) is 0 Å². The van der Waals surface area contributed by atoms with Gasteiger partial charge in [0.1, 0.15) is 12.1 Å². The van der Waals surface area contributed by atoms with Gasteiger partial charge in [-0.25, -0.2) is 9.67 Å². The normalized spacial score (nSPS) is 11.3. The summed E-state index contributed by atoms with van der Waals surface area (Å²) < 4.78 is 3.59. The van der Waals surface area contributed by atoms with Crippen molar-refractivity contribution in [3.8, 4) is 11.3 Å². The minimum absolute atomic E-state index is 0.111. The fourth-order valence-corrected chi connectivity index (χ4v) is 3.66. The van der Waals surface area contributed by atoms with Crippen molar-refractivity contribution >= 4 is 38.9 Å². The first kappa shape index (κ1) is 15.7. The molecule has 0 atom stereocenters. The first-order valence-corrected chi connectivity index (χ1v) is 9.25. The Labute approximate surface area is 157 Å². The second-order valence-corrected chi connectivity index (χ2v) is 6.95. The topological polar surface area (TPSA) is 77.1 Å². The number of aromatic nitrogens is 5. The molecule has 3 heterocycles. The van der Waals surface area contributed by atoms with Crippen LogP contribution >= 0.6 is 11.3 Å². The van der Waals surface area contributed by atoms with Crippen LogP contribution in [0, 0.1) is 0 Å². The van der Waals surface area contributed by atoms with Crippen LogP contribution in [0.2, 0.25) is 0 Å². The number of nitrogens with one attached hydrogen (secondary N) is 1. The van der Waals surface area contributed by atoms with E-state index in [1.54, 1.807) is 16.0 Å². The summed E-state index contributed by atoms with van der Waals surface area (Å²) in [7, 11) is 0. The van der Waals surface area contributed by atoms with E-state index in [-0.39, 0.29) is 12.5 Å². The molecule has 1 N–H and O–H groups in total. The summed E-state index contributed by atoms with van der Waals surface area (Å²) in [6.07, 6.45) is 3.98. The van der Waals surface area contributed by atoms with Crippen LogP contribution in [0.5, 0.6) is 0 Å². The SMILES string of the molecule is O=C(Cn1nnc2ccccc21)Nc1ccc(-c2cn3ccsc3n2)cc1. The van der Waals surface area contributed by atoms with Crippen LogP contribution < -0.4 is 5.32 Å². The number of carbonyl (C=O) groups is 1. The van der Waals surface area contributed by atoms with Crippen LogP contribution in [-0.4, -0.2) is 30.3 Å². The molecular weight excluding hydrogens is 360 g/mol. The summed E-state index contributed by atoms with van der Waals surface area (Å²) in [6, 6.07) is 15.2. The molecule has 132 valence electrons. The molecule has 27 heavy (non-hydrogen) atoms. The summed E-state index contributed by atoms with van der Waals surface area (Å²) >= 11 is 1.60. The standard InChI is InChI=1S/C19H14N6OS/c26-18(12-25-17-4-2-1-3-15(17)22-23-25)20-14-7-5-13(6-8-14)16-11-24-9-10-27-19(24)21-16/h1-11H,12H2,(H,20,26). The predicted molar refractivity (Wildman–Crippen MR) is 105 cm³/mol. The maximum Gasteiger partial charge on any atom is 0.246 e. The summed E-state index contributed by atoms with van der Waals surface area (Å²) in [6.45, 7) is 0.111. The van der Waals surface area contributed by atoms with Crippen molar-refractivity contribution in [3.63, 3.8) is 0 Å². The van der Waals surface area contributed by atoms with E-state index in [9.17, 15) is 4.79 Å². The van der Waals surface area contributed by atoms with Crippen molar-refractivity contribution in [2.45, 2.75) is 6.54 Å². The number of anilines is 1. The quantitative estimate of drug-likeness (QED) is 0.523. The molecule has 0 aliphatic rings. The Hall–Kier alpha value is -3.52. The third-order valence-corrected chi connectivity index (χ3v) is 5.04. The average molecular weight is 374 g/mol. The second kappa shape index (κ2) is 6.33. The van der Waals surface area contributed by atoms with Gasteiger partial charge in [-0.3, -0.25) is 9.20 Å². The number of nitrogens with zero attached hydrogens (tertiary/aromatic N) is 5. The monoisotopic (exact) mass is 374 g/mol. The molecule has 5 rings (SSSR count). The second-order valence-electron chi connectivity index (χ2n) is 6.08. The van der Waals surface area contributed by atoms with Gasteiger partial charge in [0.15, 0.2) is 4.96 Å². The lowest BCUT2D eigenvalue weighted by molar-refractivity contribution is -0.116. The summed E-state index contributed by atoms with van der Waals surface area (Å²) in [5.41, 5.74) is 4.26. The lowest BCUT2D eigenvalue weighted by atomic mass is 10.1. The average Bonchev–Trinajstić information content (AvgIpc) is 3.38. The van der Waals surface area contributed by atoms with Crippen LogP contribution in [0.1, 0.15) is 0 Å². The van der Waals surface area contributed by atoms with Crippen molar-refractivity contribution in [2.75, 3.05) is 5.32 Å². The van der Waals surface area contributed by atoms with Crippen molar-refractivity contribution < 1.29 is 4.79 Å². The van der Waals surface area contributed by atoms with Gasteiger partial charge in [-0.05, 0) is 24.3 Å². The molecule has 0 bridgehead atoms. The molecule has 1 amide bonds.